The Morgan fingerprint density at radius 1 is 0.708 bits per heavy atom. The summed E-state index contributed by atoms with van der Waals surface area (Å²) in [7, 11) is 0. The van der Waals surface area contributed by atoms with Crippen LogP contribution < -0.4 is 0 Å². The summed E-state index contributed by atoms with van der Waals surface area (Å²) < 4.78 is 0. The highest BCUT2D eigenvalue weighted by molar-refractivity contribution is 5.85. The zero-order valence-corrected chi connectivity index (χ0v) is 13.6. The third kappa shape index (κ3) is 2.48. The summed E-state index contributed by atoms with van der Waals surface area (Å²) in [5.74, 6) is -4.56. The van der Waals surface area contributed by atoms with Crippen LogP contribution in [0.5, 0.6) is 0 Å². The Morgan fingerprint density at radius 3 is 1.33 bits per heavy atom. The molecule has 1 fully saturated rings. The van der Waals surface area contributed by atoms with E-state index in [1.807, 2.05) is 62.4 Å². The van der Waals surface area contributed by atoms with Crippen LogP contribution in [0.25, 0.3) is 0 Å². The maximum absolute atomic E-state index is 11.8. The molecule has 0 spiro atoms. The van der Waals surface area contributed by atoms with Crippen molar-refractivity contribution in [3.05, 3.63) is 70.8 Å². The Kier molecular flexibility index (Phi) is 4.14. The minimum Gasteiger partial charge on any atom is -0.481 e. The van der Waals surface area contributed by atoms with E-state index in [1.54, 1.807) is 0 Å². The summed E-state index contributed by atoms with van der Waals surface area (Å²) in [5.41, 5.74) is 3.85. The summed E-state index contributed by atoms with van der Waals surface area (Å²) in [4.78, 5) is 23.6. The van der Waals surface area contributed by atoms with Crippen LogP contribution in [0.4, 0.5) is 0 Å². The molecule has 4 nitrogen and oxygen atoms in total. The van der Waals surface area contributed by atoms with E-state index in [0.29, 0.717) is 0 Å². The standard InChI is InChI=1S/C20H20O4/c1-11-7-3-5-9-13(11)15-16(14-10-6-4-8-12(14)2)18(20(23)24)17(15)19(21)22/h3-10,15-18H,1-2H3,(H,21,22)(H,23,24)/t15-,16+,17+,18-. The number of carboxylic acid groups (broad SMARTS) is 2. The number of benzene rings is 2. The molecule has 0 unspecified atom stereocenters. The number of aliphatic carboxylic acids is 2. The molecule has 0 bridgehead atoms. The van der Waals surface area contributed by atoms with Crippen LogP contribution in [0, 0.1) is 25.7 Å². The van der Waals surface area contributed by atoms with Crippen molar-refractivity contribution in [3.63, 3.8) is 0 Å². The lowest BCUT2D eigenvalue weighted by Crippen LogP contribution is -2.51. The van der Waals surface area contributed by atoms with Crippen LogP contribution in [0.2, 0.25) is 0 Å². The number of hydrogen-bond acceptors (Lipinski definition) is 2. The second-order valence-electron chi connectivity index (χ2n) is 6.49. The van der Waals surface area contributed by atoms with Gasteiger partial charge in [-0.05, 0) is 36.1 Å². The topological polar surface area (TPSA) is 74.6 Å². The fraction of sp³-hybridized carbons (Fsp3) is 0.300. The van der Waals surface area contributed by atoms with E-state index < -0.39 is 23.8 Å². The van der Waals surface area contributed by atoms with Gasteiger partial charge in [-0.3, -0.25) is 9.59 Å². The van der Waals surface area contributed by atoms with Gasteiger partial charge in [0, 0.05) is 11.8 Å². The summed E-state index contributed by atoms with van der Waals surface area (Å²) in [5, 5.41) is 19.3. The van der Waals surface area contributed by atoms with Gasteiger partial charge in [-0.25, -0.2) is 0 Å². The molecule has 0 saturated heterocycles. The van der Waals surface area contributed by atoms with Crippen molar-refractivity contribution in [2.45, 2.75) is 25.7 Å². The van der Waals surface area contributed by atoms with Gasteiger partial charge >= 0.3 is 11.9 Å². The molecule has 0 amide bonds. The van der Waals surface area contributed by atoms with Gasteiger partial charge < -0.3 is 10.2 Å². The average molecular weight is 324 g/mol. The molecule has 2 aromatic carbocycles. The van der Waals surface area contributed by atoms with Crippen LogP contribution in [0.15, 0.2) is 48.5 Å². The van der Waals surface area contributed by atoms with Crippen LogP contribution in [-0.4, -0.2) is 22.2 Å². The minimum atomic E-state index is -1.04. The average Bonchev–Trinajstić information content (AvgIpc) is 2.49. The molecule has 124 valence electrons. The van der Waals surface area contributed by atoms with Crippen LogP contribution >= 0.6 is 0 Å². The largest absolute Gasteiger partial charge is 0.481 e. The Balaban J connectivity index is 2.15. The van der Waals surface area contributed by atoms with E-state index in [1.165, 1.54) is 0 Å². The summed E-state index contributed by atoms with van der Waals surface area (Å²) in [6.07, 6.45) is 0. The molecule has 3 rings (SSSR count). The van der Waals surface area contributed by atoms with Gasteiger partial charge in [-0.15, -0.1) is 0 Å². The Bertz CT molecular complexity index is 728. The lowest BCUT2D eigenvalue weighted by Gasteiger charge is -2.49. The van der Waals surface area contributed by atoms with Crippen LogP contribution in [0.3, 0.4) is 0 Å². The molecule has 1 aliphatic rings. The first-order valence-corrected chi connectivity index (χ1v) is 8.00. The molecule has 4 heteroatoms. The van der Waals surface area contributed by atoms with Gasteiger partial charge in [0.25, 0.3) is 0 Å². The number of carboxylic acids is 2. The maximum atomic E-state index is 11.8. The van der Waals surface area contributed by atoms with Crippen molar-refractivity contribution in [3.8, 4) is 0 Å². The number of aryl methyl sites for hydroxylation is 2. The van der Waals surface area contributed by atoms with Crippen molar-refractivity contribution >= 4 is 11.9 Å². The smallest absolute Gasteiger partial charge is 0.308 e. The normalized spacial score (nSPS) is 25.8. The lowest BCUT2D eigenvalue weighted by atomic mass is 9.51. The van der Waals surface area contributed by atoms with Crippen molar-refractivity contribution in [2.24, 2.45) is 11.8 Å². The molecule has 4 atom stereocenters. The molecule has 0 heterocycles. The minimum absolute atomic E-state index is 0.328. The van der Waals surface area contributed by atoms with E-state index in [9.17, 15) is 19.8 Å². The molecule has 2 aromatic rings. The third-order valence-electron chi connectivity index (χ3n) is 5.21. The van der Waals surface area contributed by atoms with Gasteiger partial charge in [0.15, 0.2) is 0 Å². The highest BCUT2D eigenvalue weighted by atomic mass is 16.4. The highest BCUT2D eigenvalue weighted by Crippen LogP contribution is 2.58. The van der Waals surface area contributed by atoms with Gasteiger partial charge in [-0.2, -0.15) is 0 Å². The predicted molar refractivity (Wildman–Crippen MR) is 90.1 cm³/mol. The monoisotopic (exact) mass is 324 g/mol. The fourth-order valence-electron chi connectivity index (χ4n) is 4.06. The van der Waals surface area contributed by atoms with E-state index in [2.05, 4.69) is 0 Å². The highest BCUT2D eigenvalue weighted by Gasteiger charge is 2.59. The first-order valence-electron chi connectivity index (χ1n) is 8.00. The first-order chi connectivity index (χ1) is 11.4. The van der Waals surface area contributed by atoms with Crippen molar-refractivity contribution in [1.29, 1.82) is 0 Å². The second kappa shape index (κ2) is 6.11. The van der Waals surface area contributed by atoms with Crippen LogP contribution in [0.1, 0.15) is 34.1 Å². The third-order valence-corrected chi connectivity index (χ3v) is 5.21. The molecular formula is C20H20O4. The van der Waals surface area contributed by atoms with Crippen molar-refractivity contribution in [2.75, 3.05) is 0 Å². The molecule has 2 N–H and O–H groups in total. The Labute approximate surface area is 140 Å². The maximum Gasteiger partial charge on any atom is 0.308 e. The lowest BCUT2D eigenvalue weighted by molar-refractivity contribution is -0.164. The fourth-order valence-corrected chi connectivity index (χ4v) is 4.06. The van der Waals surface area contributed by atoms with E-state index in [-0.39, 0.29) is 11.8 Å². The summed E-state index contributed by atoms with van der Waals surface area (Å²) >= 11 is 0. The van der Waals surface area contributed by atoms with Gasteiger partial charge in [-0.1, -0.05) is 48.5 Å². The molecule has 1 aliphatic carbocycles. The van der Waals surface area contributed by atoms with E-state index >= 15 is 0 Å². The van der Waals surface area contributed by atoms with Gasteiger partial charge in [0.2, 0.25) is 0 Å². The second-order valence-corrected chi connectivity index (χ2v) is 6.49. The number of rotatable bonds is 4. The van der Waals surface area contributed by atoms with Crippen LogP contribution in [-0.2, 0) is 9.59 Å². The predicted octanol–water partition coefficient (Wildman–Crippen LogP) is 3.59. The zero-order valence-electron chi connectivity index (χ0n) is 13.6. The Morgan fingerprint density at radius 2 is 1.04 bits per heavy atom. The van der Waals surface area contributed by atoms with Gasteiger partial charge in [0.05, 0.1) is 11.8 Å². The summed E-state index contributed by atoms with van der Waals surface area (Å²) in [6.45, 7) is 3.88. The molecule has 0 aliphatic heterocycles. The zero-order chi connectivity index (χ0) is 17.4. The van der Waals surface area contributed by atoms with E-state index in [4.69, 9.17) is 0 Å². The summed E-state index contributed by atoms with van der Waals surface area (Å²) in [6, 6.07) is 15.3. The van der Waals surface area contributed by atoms with Gasteiger partial charge in [0.1, 0.15) is 0 Å². The SMILES string of the molecule is Cc1ccccc1[C@@H]1[C@@H](C(=O)O)[C@@H](C(=O)O)[C@@H]1c1ccccc1C. The molecule has 1 saturated carbocycles. The van der Waals surface area contributed by atoms with Crippen molar-refractivity contribution in [1.82, 2.24) is 0 Å². The van der Waals surface area contributed by atoms with E-state index in [0.717, 1.165) is 22.3 Å². The van der Waals surface area contributed by atoms with Crippen molar-refractivity contribution < 1.29 is 19.8 Å². The number of hydrogen-bond donors (Lipinski definition) is 2. The molecule has 0 radical (unpaired) electrons. The quantitative estimate of drug-likeness (QED) is 0.901. The molecule has 24 heavy (non-hydrogen) atoms. The first kappa shape index (κ1) is 16.2. The molecule has 0 aromatic heterocycles. The number of carbonyl (C=O) groups is 2. The molecular weight excluding hydrogens is 304 g/mol. The Hall–Kier alpha value is -2.62.